The standard InChI is InChI=1S/C17H14O5S/c1-10(18)16-12-5-3-4-6-13(12)17(22-2)14-8-7-11(9-15(14)16)23(19,20)21/h3-9H,1-2H3,(H,19,20,21). The number of ketones is 1. The van der Waals surface area contributed by atoms with Crippen molar-refractivity contribution in [3.8, 4) is 5.75 Å². The van der Waals surface area contributed by atoms with Crippen molar-refractivity contribution in [2.75, 3.05) is 7.11 Å². The Bertz CT molecular complexity index is 1050. The normalized spacial score (nSPS) is 11.8. The lowest BCUT2D eigenvalue weighted by Gasteiger charge is -2.15. The van der Waals surface area contributed by atoms with Crippen LogP contribution in [0.2, 0.25) is 0 Å². The number of benzene rings is 3. The highest BCUT2D eigenvalue weighted by molar-refractivity contribution is 7.85. The van der Waals surface area contributed by atoms with Gasteiger partial charge in [-0.3, -0.25) is 9.35 Å². The molecular formula is C17H14O5S. The van der Waals surface area contributed by atoms with E-state index in [9.17, 15) is 17.8 Å². The lowest BCUT2D eigenvalue weighted by molar-refractivity contribution is 0.102. The summed E-state index contributed by atoms with van der Waals surface area (Å²) in [5.74, 6) is 0.365. The highest BCUT2D eigenvalue weighted by Crippen LogP contribution is 2.39. The Morgan fingerprint density at radius 1 is 1.00 bits per heavy atom. The summed E-state index contributed by atoms with van der Waals surface area (Å²) in [7, 11) is -2.84. The Morgan fingerprint density at radius 2 is 1.61 bits per heavy atom. The summed E-state index contributed by atoms with van der Waals surface area (Å²) in [6, 6.07) is 11.4. The van der Waals surface area contributed by atoms with Gasteiger partial charge in [0.05, 0.1) is 12.0 Å². The third kappa shape index (κ3) is 2.46. The maximum absolute atomic E-state index is 12.2. The predicted molar refractivity (Wildman–Crippen MR) is 87.8 cm³/mol. The van der Waals surface area contributed by atoms with Crippen LogP contribution in [0.1, 0.15) is 17.3 Å². The zero-order valence-electron chi connectivity index (χ0n) is 12.5. The number of fused-ring (bicyclic) bond motifs is 2. The molecule has 5 nitrogen and oxygen atoms in total. The highest BCUT2D eigenvalue weighted by atomic mass is 32.2. The van der Waals surface area contributed by atoms with Crippen LogP contribution in [-0.4, -0.2) is 25.9 Å². The van der Waals surface area contributed by atoms with E-state index in [1.807, 2.05) is 12.1 Å². The number of carbonyl (C=O) groups is 1. The summed E-state index contributed by atoms with van der Waals surface area (Å²) in [4.78, 5) is 11.9. The molecule has 0 fully saturated rings. The number of methoxy groups -OCH3 is 1. The summed E-state index contributed by atoms with van der Waals surface area (Å²) in [6.45, 7) is 1.42. The Kier molecular flexibility index (Phi) is 3.58. The molecule has 0 amide bonds. The van der Waals surface area contributed by atoms with Gasteiger partial charge in [-0.15, -0.1) is 0 Å². The van der Waals surface area contributed by atoms with Crippen LogP contribution in [-0.2, 0) is 10.1 Å². The monoisotopic (exact) mass is 330 g/mol. The zero-order valence-corrected chi connectivity index (χ0v) is 13.3. The molecule has 0 aliphatic rings. The molecule has 0 heterocycles. The molecule has 118 valence electrons. The average molecular weight is 330 g/mol. The van der Waals surface area contributed by atoms with Crippen LogP contribution in [0.3, 0.4) is 0 Å². The molecule has 6 heteroatoms. The third-order valence-corrected chi connectivity index (χ3v) is 4.65. The number of hydrogen-bond acceptors (Lipinski definition) is 4. The molecule has 3 aromatic rings. The minimum absolute atomic E-state index is 0.193. The van der Waals surface area contributed by atoms with Gasteiger partial charge in [-0.25, -0.2) is 0 Å². The summed E-state index contributed by atoms with van der Waals surface area (Å²) >= 11 is 0. The van der Waals surface area contributed by atoms with Gasteiger partial charge in [0, 0.05) is 16.3 Å². The van der Waals surface area contributed by atoms with E-state index in [4.69, 9.17) is 4.74 Å². The molecule has 0 spiro atoms. The molecule has 23 heavy (non-hydrogen) atoms. The lowest BCUT2D eigenvalue weighted by atomic mass is 9.93. The van der Waals surface area contributed by atoms with Gasteiger partial charge in [0.1, 0.15) is 5.75 Å². The van der Waals surface area contributed by atoms with Crippen LogP contribution < -0.4 is 4.74 Å². The van der Waals surface area contributed by atoms with E-state index in [0.29, 0.717) is 27.5 Å². The smallest absolute Gasteiger partial charge is 0.294 e. The molecule has 0 aliphatic heterocycles. The van der Waals surface area contributed by atoms with Crippen LogP contribution in [0, 0.1) is 0 Å². The van der Waals surface area contributed by atoms with Gasteiger partial charge in [-0.2, -0.15) is 8.42 Å². The van der Waals surface area contributed by atoms with Crippen molar-refractivity contribution < 1.29 is 22.5 Å². The molecule has 0 unspecified atom stereocenters. The first-order valence-electron chi connectivity index (χ1n) is 6.85. The first-order chi connectivity index (χ1) is 10.8. The third-order valence-electron chi connectivity index (χ3n) is 3.80. The van der Waals surface area contributed by atoms with Crippen LogP contribution in [0.25, 0.3) is 21.5 Å². The van der Waals surface area contributed by atoms with Crippen LogP contribution in [0.5, 0.6) is 5.75 Å². The van der Waals surface area contributed by atoms with Gasteiger partial charge in [-0.1, -0.05) is 24.3 Å². The number of Topliss-reactive ketones (excluding diaryl/α,β-unsaturated/α-hetero) is 1. The van der Waals surface area contributed by atoms with Crippen LogP contribution >= 0.6 is 0 Å². The second-order valence-electron chi connectivity index (χ2n) is 5.19. The van der Waals surface area contributed by atoms with Crippen LogP contribution in [0.15, 0.2) is 47.4 Å². The molecular weight excluding hydrogens is 316 g/mol. The Morgan fingerprint density at radius 3 is 2.17 bits per heavy atom. The number of carbonyl (C=O) groups excluding carboxylic acids is 1. The molecule has 1 N–H and O–H groups in total. The summed E-state index contributed by atoms with van der Waals surface area (Å²) in [6.07, 6.45) is 0. The maximum Gasteiger partial charge on any atom is 0.294 e. The van der Waals surface area contributed by atoms with E-state index in [-0.39, 0.29) is 10.7 Å². The average Bonchev–Trinajstić information content (AvgIpc) is 2.50. The van der Waals surface area contributed by atoms with Crippen molar-refractivity contribution >= 4 is 37.4 Å². The summed E-state index contributed by atoms with van der Waals surface area (Å²) in [5, 5.41) is 2.50. The fraction of sp³-hybridized carbons (Fsp3) is 0.118. The first-order valence-corrected chi connectivity index (χ1v) is 8.29. The second-order valence-corrected chi connectivity index (χ2v) is 6.61. The van der Waals surface area contributed by atoms with E-state index in [1.54, 1.807) is 12.1 Å². The minimum Gasteiger partial charge on any atom is -0.495 e. The summed E-state index contributed by atoms with van der Waals surface area (Å²) in [5.41, 5.74) is 0.405. The van der Waals surface area contributed by atoms with Gasteiger partial charge < -0.3 is 4.74 Å². The number of hydrogen-bond donors (Lipinski definition) is 1. The first kappa shape index (κ1) is 15.5. The predicted octanol–water partition coefficient (Wildman–Crippen LogP) is 3.45. The Balaban J connectivity index is 2.61. The van der Waals surface area contributed by atoms with E-state index in [2.05, 4.69) is 0 Å². The lowest BCUT2D eigenvalue weighted by Crippen LogP contribution is -2.02. The highest BCUT2D eigenvalue weighted by Gasteiger charge is 2.19. The fourth-order valence-electron chi connectivity index (χ4n) is 2.88. The molecule has 0 aromatic heterocycles. The second kappa shape index (κ2) is 5.33. The maximum atomic E-state index is 12.2. The minimum atomic E-state index is -4.36. The Hall–Kier alpha value is -2.44. The van der Waals surface area contributed by atoms with E-state index in [0.717, 1.165) is 5.39 Å². The van der Waals surface area contributed by atoms with Crippen molar-refractivity contribution in [3.63, 3.8) is 0 Å². The quantitative estimate of drug-likeness (QED) is 0.452. The molecule has 0 saturated heterocycles. The molecule has 0 bridgehead atoms. The van der Waals surface area contributed by atoms with E-state index in [1.165, 1.54) is 32.2 Å². The van der Waals surface area contributed by atoms with Gasteiger partial charge >= 0.3 is 0 Å². The van der Waals surface area contributed by atoms with E-state index < -0.39 is 10.1 Å². The number of rotatable bonds is 3. The van der Waals surface area contributed by atoms with Gasteiger partial charge in [-0.05, 0) is 35.9 Å². The zero-order chi connectivity index (χ0) is 16.8. The topological polar surface area (TPSA) is 80.7 Å². The molecule has 0 radical (unpaired) electrons. The van der Waals surface area contributed by atoms with Crippen molar-refractivity contribution in [2.24, 2.45) is 0 Å². The van der Waals surface area contributed by atoms with Crippen molar-refractivity contribution in [1.82, 2.24) is 0 Å². The van der Waals surface area contributed by atoms with Gasteiger partial charge in [0.15, 0.2) is 5.78 Å². The molecule has 3 rings (SSSR count). The Labute approximate surface area is 133 Å². The fourth-order valence-corrected chi connectivity index (χ4v) is 3.38. The van der Waals surface area contributed by atoms with Crippen LogP contribution in [0.4, 0.5) is 0 Å². The van der Waals surface area contributed by atoms with Gasteiger partial charge in [0.25, 0.3) is 10.1 Å². The van der Waals surface area contributed by atoms with Gasteiger partial charge in [0.2, 0.25) is 0 Å². The summed E-state index contributed by atoms with van der Waals surface area (Å²) < 4.78 is 37.6. The SMILES string of the molecule is COc1c2ccccc2c(C(C)=O)c2cc(S(=O)(=O)O)ccc12. The van der Waals surface area contributed by atoms with E-state index >= 15 is 0 Å². The molecule has 0 atom stereocenters. The largest absolute Gasteiger partial charge is 0.495 e. The van der Waals surface area contributed by atoms with Crippen molar-refractivity contribution in [1.29, 1.82) is 0 Å². The molecule has 0 saturated carbocycles. The number of ether oxygens (including phenoxy) is 1. The van der Waals surface area contributed by atoms with Crippen molar-refractivity contribution in [2.45, 2.75) is 11.8 Å². The molecule has 0 aliphatic carbocycles. The molecule has 3 aromatic carbocycles. The van der Waals surface area contributed by atoms with Crippen molar-refractivity contribution in [3.05, 3.63) is 48.0 Å².